The van der Waals surface area contributed by atoms with Crippen molar-refractivity contribution in [2.75, 3.05) is 40.3 Å². The Kier molecular flexibility index (Phi) is 21.3. The van der Waals surface area contributed by atoms with Crippen LogP contribution in [0.2, 0.25) is 0 Å². The maximum Gasteiger partial charge on any atom is 0.0234 e. The smallest absolute Gasteiger partial charge is 0.0234 e. The minimum Gasteiger partial charge on any atom is -0.315 e. The zero-order valence-electron chi connectivity index (χ0n) is 22.3. The van der Waals surface area contributed by atoms with Crippen LogP contribution in [0.25, 0.3) is 0 Å². The van der Waals surface area contributed by atoms with Gasteiger partial charge in [-0.3, -0.25) is 9.80 Å². The third-order valence-corrected chi connectivity index (χ3v) is 7.32. The molecule has 8 heteroatoms. The van der Waals surface area contributed by atoms with Crippen LogP contribution in [0, 0.1) is 11.8 Å². The van der Waals surface area contributed by atoms with Crippen molar-refractivity contribution < 1.29 is 0 Å². The van der Waals surface area contributed by atoms with Crippen molar-refractivity contribution in [2.45, 2.75) is 51.9 Å². The standard InChI is InChI=1S/2C14H22N2.4ClH/c2*1-12-8-9-16(11-14(12)15-2)10-13-6-4-3-5-7-13;;;;/h2*3-7,12,14-15H,8-11H2,1-2H3;4*1H/t2*12-,14+;;;;/m10..../s1. The van der Waals surface area contributed by atoms with Crippen molar-refractivity contribution in [3.63, 3.8) is 0 Å². The lowest BCUT2D eigenvalue weighted by Gasteiger charge is -2.37. The molecule has 208 valence electrons. The number of likely N-dealkylation sites (tertiary alicyclic amines) is 2. The summed E-state index contributed by atoms with van der Waals surface area (Å²) in [7, 11) is 4.15. The third kappa shape index (κ3) is 12.3. The van der Waals surface area contributed by atoms with Gasteiger partial charge in [0.05, 0.1) is 0 Å². The van der Waals surface area contributed by atoms with Gasteiger partial charge in [-0.1, -0.05) is 74.5 Å². The van der Waals surface area contributed by atoms with Gasteiger partial charge in [0, 0.05) is 38.3 Å². The topological polar surface area (TPSA) is 30.5 Å². The summed E-state index contributed by atoms with van der Waals surface area (Å²) in [6.45, 7) is 11.7. The second-order valence-electron chi connectivity index (χ2n) is 9.76. The van der Waals surface area contributed by atoms with Crippen LogP contribution in [-0.4, -0.2) is 62.2 Å². The van der Waals surface area contributed by atoms with Crippen molar-refractivity contribution >= 4 is 49.6 Å². The Bertz CT molecular complexity index is 703. The average Bonchev–Trinajstić information content (AvgIpc) is 2.83. The number of halogens is 4. The molecule has 2 aromatic rings. The molecule has 2 saturated heterocycles. The molecule has 0 aromatic heterocycles. The molecule has 4 rings (SSSR count). The summed E-state index contributed by atoms with van der Waals surface area (Å²) < 4.78 is 0. The van der Waals surface area contributed by atoms with Gasteiger partial charge in [0.15, 0.2) is 0 Å². The van der Waals surface area contributed by atoms with Gasteiger partial charge < -0.3 is 10.6 Å². The highest BCUT2D eigenvalue weighted by Gasteiger charge is 2.25. The summed E-state index contributed by atoms with van der Waals surface area (Å²) in [6.07, 6.45) is 2.61. The van der Waals surface area contributed by atoms with Gasteiger partial charge >= 0.3 is 0 Å². The zero-order valence-corrected chi connectivity index (χ0v) is 25.5. The van der Waals surface area contributed by atoms with E-state index in [2.05, 4.69) is 109 Å². The quantitative estimate of drug-likeness (QED) is 0.443. The van der Waals surface area contributed by atoms with E-state index in [0.29, 0.717) is 12.1 Å². The molecule has 4 atom stereocenters. The highest BCUT2D eigenvalue weighted by molar-refractivity contribution is 5.86. The highest BCUT2D eigenvalue weighted by Crippen LogP contribution is 2.19. The molecule has 2 aliphatic rings. The van der Waals surface area contributed by atoms with E-state index in [4.69, 9.17) is 0 Å². The molecule has 2 N–H and O–H groups in total. The Balaban J connectivity index is 0. The second-order valence-corrected chi connectivity index (χ2v) is 9.76. The maximum absolute atomic E-state index is 3.43. The van der Waals surface area contributed by atoms with Crippen LogP contribution in [0.15, 0.2) is 60.7 Å². The number of nitrogens with one attached hydrogen (secondary N) is 2. The SMILES string of the molecule is CN[C@@H]1CN(Cc2ccccc2)CC[C@@H]1C.CN[C@H]1CN(Cc2ccccc2)CC[C@H]1C.Cl.Cl.Cl.Cl. The minimum atomic E-state index is 0. The fourth-order valence-electron chi connectivity index (χ4n) is 5.00. The van der Waals surface area contributed by atoms with Crippen LogP contribution >= 0.6 is 49.6 Å². The van der Waals surface area contributed by atoms with E-state index < -0.39 is 0 Å². The van der Waals surface area contributed by atoms with Crippen molar-refractivity contribution in [3.8, 4) is 0 Å². The van der Waals surface area contributed by atoms with Crippen LogP contribution in [0.3, 0.4) is 0 Å². The number of rotatable bonds is 6. The van der Waals surface area contributed by atoms with Gasteiger partial charge in [-0.15, -0.1) is 49.6 Å². The zero-order chi connectivity index (χ0) is 22.8. The number of likely N-dealkylation sites (N-methyl/N-ethyl adjacent to an activating group) is 2. The maximum atomic E-state index is 3.43. The summed E-state index contributed by atoms with van der Waals surface area (Å²) in [4.78, 5) is 5.10. The number of hydrogen-bond acceptors (Lipinski definition) is 4. The van der Waals surface area contributed by atoms with Crippen molar-refractivity contribution in [3.05, 3.63) is 71.8 Å². The number of benzene rings is 2. The predicted octanol–water partition coefficient (Wildman–Crippen LogP) is 5.92. The summed E-state index contributed by atoms with van der Waals surface area (Å²) >= 11 is 0. The van der Waals surface area contributed by atoms with Crippen LogP contribution in [0.5, 0.6) is 0 Å². The lowest BCUT2D eigenvalue weighted by atomic mass is 9.93. The van der Waals surface area contributed by atoms with Gasteiger partial charge in [0.2, 0.25) is 0 Å². The van der Waals surface area contributed by atoms with E-state index in [-0.39, 0.29) is 49.6 Å². The average molecular weight is 583 g/mol. The first-order valence-electron chi connectivity index (χ1n) is 12.5. The van der Waals surface area contributed by atoms with Gasteiger partial charge in [-0.05, 0) is 63.0 Å². The normalized spacial score (nSPS) is 23.9. The minimum absolute atomic E-state index is 0. The lowest BCUT2D eigenvalue weighted by molar-refractivity contribution is 0.147. The Morgan fingerprint density at radius 1 is 0.611 bits per heavy atom. The molecule has 2 aliphatic heterocycles. The molecule has 2 heterocycles. The van der Waals surface area contributed by atoms with Crippen LogP contribution in [0.4, 0.5) is 0 Å². The van der Waals surface area contributed by atoms with Gasteiger partial charge in [-0.25, -0.2) is 0 Å². The number of piperidine rings is 2. The fraction of sp³-hybridized carbons (Fsp3) is 0.571. The molecule has 0 radical (unpaired) electrons. The van der Waals surface area contributed by atoms with E-state index in [1.165, 1.54) is 50.1 Å². The molecule has 4 nitrogen and oxygen atoms in total. The van der Waals surface area contributed by atoms with Crippen molar-refractivity contribution in [2.24, 2.45) is 11.8 Å². The van der Waals surface area contributed by atoms with Gasteiger partial charge in [0.25, 0.3) is 0 Å². The Hall–Kier alpha value is -0.560. The predicted molar refractivity (Wildman–Crippen MR) is 166 cm³/mol. The molecule has 0 unspecified atom stereocenters. The summed E-state index contributed by atoms with van der Waals surface area (Å²) in [5.74, 6) is 1.61. The molecular weight excluding hydrogens is 534 g/mol. The molecule has 0 bridgehead atoms. The first-order valence-corrected chi connectivity index (χ1v) is 12.5. The first kappa shape index (κ1) is 37.6. The second kappa shape index (κ2) is 20.4. The van der Waals surface area contributed by atoms with Crippen LogP contribution in [-0.2, 0) is 13.1 Å². The van der Waals surface area contributed by atoms with E-state index >= 15 is 0 Å². The molecule has 2 fully saturated rings. The Morgan fingerprint density at radius 3 is 1.25 bits per heavy atom. The molecule has 0 saturated carbocycles. The van der Waals surface area contributed by atoms with Gasteiger partial charge in [-0.2, -0.15) is 0 Å². The first-order chi connectivity index (χ1) is 15.6. The molecule has 0 spiro atoms. The Labute approximate surface area is 245 Å². The third-order valence-electron chi connectivity index (χ3n) is 7.32. The van der Waals surface area contributed by atoms with Crippen LogP contribution in [0.1, 0.15) is 37.8 Å². The molecule has 36 heavy (non-hydrogen) atoms. The molecule has 0 aliphatic carbocycles. The van der Waals surface area contributed by atoms with E-state index in [0.717, 1.165) is 24.9 Å². The van der Waals surface area contributed by atoms with E-state index in [9.17, 15) is 0 Å². The highest BCUT2D eigenvalue weighted by atomic mass is 35.5. The Morgan fingerprint density at radius 2 is 0.944 bits per heavy atom. The number of nitrogens with zero attached hydrogens (tertiary/aromatic N) is 2. The van der Waals surface area contributed by atoms with E-state index in [1.54, 1.807) is 0 Å². The van der Waals surface area contributed by atoms with Crippen molar-refractivity contribution in [1.29, 1.82) is 0 Å². The molecular formula is C28H48Cl4N4. The summed E-state index contributed by atoms with van der Waals surface area (Å²) in [5.41, 5.74) is 2.85. The molecule has 2 aromatic carbocycles. The van der Waals surface area contributed by atoms with E-state index in [1.807, 2.05) is 0 Å². The summed E-state index contributed by atoms with van der Waals surface area (Å²) in [5, 5.41) is 6.86. The summed E-state index contributed by atoms with van der Waals surface area (Å²) in [6, 6.07) is 22.8. The fourth-order valence-corrected chi connectivity index (χ4v) is 5.00. The molecule has 0 amide bonds. The monoisotopic (exact) mass is 580 g/mol. The van der Waals surface area contributed by atoms with Crippen molar-refractivity contribution in [1.82, 2.24) is 20.4 Å². The number of hydrogen-bond donors (Lipinski definition) is 2. The largest absolute Gasteiger partial charge is 0.315 e. The van der Waals surface area contributed by atoms with Crippen LogP contribution < -0.4 is 10.6 Å². The van der Waals surface area contributed by atoms with Gasteiger partial charge in [0.1, 0.15) is 0 Å². The lowest BCUT2D eigenvalue weighted by Crippen LogP contribution is -2.48.